The summed E-state index contributed by atoms with van der Waals surface area (Å²) >= 11 is 1.39. The van der Waals surface area contributed by atoms with Crippen LogP contribution in [0.1, 0.15) is 22.3 Å². The number of Topliss-reactive ketones (excluding diaryl/α,β-unsaturated/α-hetero) is 1. The SMILES string of the molecule is O=C1OC2(c3ccccc3)SC(=C(c3ccccc3)c3ccccc3)N(c3ccccc3)C(c3ccccc3)=C2C1=O. The fourth-order valence-corrected chi connectivity index (χ4v) is 7.17. The second-order valence-electron chi connectivity index (χ2n) is 9.98. The van der Waals surface area contributed by atoms with Gasteiger partial charge in [-0.3, -0.25) is 4.79 Å². The number of anilines is 1. The van der Waals surface area contributed by atoms with Gasteiger partial charge in [0.15, 0.2) is 0 Å². The number of ether oxygens (including phenoxy) is 1. The van der Waals surface area contributed by atoms with E-state index in [-0.39, 0.29) is 0 Å². The summed E-state index contributed by atoms with van der Waals surface area (Å²) in [5.41, 5.74) is 6.31. The minimum Gasteiger partial charge on any atom is -0.432 e. The molecule has 0 saturated carbocycles. The molecule has 1 atom stereocenters. The topological polar surface area (TPSA) is 46.6 Å². The molecule has 0 aromatic heterocycles. The fourth-order valence-electron chi connectivity index (χ4n) is 5.61. The summed E-state index contributed by atoms with van der Waals surface area (Å²) in [4.78, 5) is 27.9. The Morgan fingerprint density at radius 2 is 1.07 bits per heavy atom. The molecular formula is C37H25NO3S. The van der Waals surface area contributed by atoms with Gasteiger partial charge in [0, 0.05) is 16.8 Å². The molecule has 2 heterocycles. The lowest BCUT2D eigenvalue weighted by Crippen LogP contribution is -2.37. The van der Waals surface area contributed by atoms with Crippen LogP contribution >= 0.6 is 11.8 Å². The van der Waals surface area contributed by atoms with E-state index in [1.54, 1.807) is 0 Å². The van der Waals surface area contributed by atoms with Crippen LogP contribution in [0.3, 0.4) is 0 Å². The summed E-state index contributed by atoms with van der Waals surface area (Å²) in [6.45, 7) is 0. The molecule has 1 fully saturated rings. The molecule has 0 spiro atoms. The smallest absolute Gasteiger partial charge is 0.381 e. The van der Waals surface area contributed by atoms with Gasteiger partial charge in [-0.05, 0) is 40.6 Å². The average Bonchev–Trinajstić information content (AvgIpc) is 3.32. The van der Waals surface area contributed by atoms with E-state index in [2.05, 4.69) is 29.2 Å². The molecule has 42 heavy (non-hydrogen) atoms. The van der Waals surface area contributed by atoms with Gasteiger partial charge < -0.3 is 9.64 Å². The number of hydrogen-bond acceptors (Lipinski definition) is 5. The third-order valence-corrected chi connectivity index (χ3v) is 8.83. The maximum Gasteiger partial charge on any atom is 0.381 e. The lowest BCUT2D eigenvalue weighted by atomic mass is 9.92. The van der Waals surface area contributed by atoms with E-state index in [1.165, 1.54) is 11.8 Å². The van der Waals surface area contributed by atoms with Crippen molar-refractivity contribution < 1.29 is 14.3 Å². The first kappa shape index (κ1) is 25.8. The highest BCUT2D eigenvalue weighted by Crippen LogP contribution is 2.61. The van der Waals surface area contributed by atoms with Gasteiger partial charge in [-0.1, -0.05) is 140 Å². The van der Waals surface area contributed by atoms with E-state index >= 15 is 0 Å². The number of para-hydroxylation sites is 1. The second-order valence-corrected chi connectivity index (χ2v) is 11.1. The Kier molecular flexibility index (Phi) is 6.57. The molecule has 1 unspecified atom stereocenters. The lowest BCUT2D eigenvalue weighted by molar-refractivity contribution is -0.150. The Morgan fingerprint density at radius 1 is 0.595 bits per heavy atom. The van der Waals surface area contributed by atoms with Crippen LogP contribution in [0.4, 0.5) is 5.69 Å². The molecule has 5 aromatic carbocycles. The highest BCUT2D eigenvalue weighted by Gasteiger charge is 2.59. The monoisotopic (exact) mass is 563 g/mol. The van der Waals surface area contributed by atoms with Gasteiger partial charge in [-0.25, -0.2) is 4.79 Å². The first-order valence-corrected chi connectivity index (χ1v) is 14.5. The number of fused-ring (bicyclic) bond motifs is 1. The van der Waals surface area contributed by atoms with Gasteiger partial charge >= 0.3 is 5.97 Å². The average molecular weight is 564 g/mol. The van der Waals surface area contributed by atoms with Crippen LogP contribution in [-0.4, -0.2) is 11.8 Å². The van der Waals surface area contributed by atoms with E-state index < -0.39 is 16.7 Å². The van der Waals surface area contributed by atoms with Crippen LogP contribution < -0.4 is 4.90 Å². The van der Waals surface area contributed by atoms with E-state index in [9.17, 15) is 9.59 Å². The van der Waals surface area contributed by atoms with Crippen molar-refractivity contribution in [3.8, 4) is 0 Å². The van der Waals surface area contributed by atoms with Gasteiger partial charge in [0.05, 0.1) is 16.3 Å². The minimum absolute atomic E-state index is 0.322. The first-order chi connectivity index (χ1) is 20.7. The zero-order chi connectivity index (χ0) is 28.5. The van der Waals surface area contributed by atoms with E-state index in [0.29, 0.717) is 11.3 Å². The van der Waals surface area contributed by atoms with Gasteiger partial charge in [-0.2, -0.15) is 0 Å². The summed E-state index contributed by atoms with van der Waals surface area (Å²) in [6.07, 6.45) is 0. The Morgan fingerprint density at radius 3 is 1.62 bits per heavy atom. The number of carbonyl (C=O) groups excluding carboxylic acids is 2. The molecule has 4 nitrogen and oxygen atoms in total. The number of esters is 1. The number of thioether (sulfide) groups is 1. The maximum atomic E-state index is 13.9. The standard InChI is InChI=1S/C37H25NO3S/c39-34-32-33(28-20-10-3-11-21-28)38(30-24-14-5-15-25-30)35(42-37(32,41-36(34)40)29-22-12-4-13-23-29)31(26-16-6-1-7-17-26)27-18-8-2-9-19-27/h1-25H. The second kappa shape index (κ2) is 10.7. The summed E-state index contributed by atoms with van der Waals surface area (Å²) in [5, 5.41) is 0.840. The number of nitrogens with zero attached hydrogens (tertiary/aromatic N) is 1. The molecule has 1 saturated heterocycles. The summed E-state index contributed by atoms with van der Waals surface area (Å²) in [5.74, 6) is -1.49. The summed E-state index contributed by atoms with van der Waals surface area (Å²) in [7, 11) is 0. The molecule has 2 aliphatic heterocycles. The Hall–Kier alpha value is -5.13. The van der Waals surface area contributed by atoms with Crippen molar-refractivity contribution in [1.29, 1.82) is 0 Å². The van der Waals surface area contributed by atoms with Crippen LogP contribution in [0.25, 0.3) is 11.3 Å². The third-order valence-electron chi connectivity index (χ3n) is 7.44. The van der Waals surface area contributed by atoms with Crippen molar-refractivity contribution in [3.05, 3.63) is 185 Å². The Labute approximate surface area is 248 Å². The molecule has 5 aromatic rings. The van der Waals surface area contributed by atoms with Crippen LogP contribution in [0, 0.1) is 0 Å². The summed E-state index contributed by atoms with van der Waals surface area (Å²) in [6, 6.07) is 49.7. The van der Waals surface area contributed by atoms with Crippen molar-refractivity contribution in [2.75, 3.05) is 4.90 Å². The molecule has 2 aliphatic rings. The van der Waals surface area contributed by atoms with Crippen molar-refractivity contribution in [1.82, 2.24) is 0 Å². The van der Waals surface area contributed by atoms with E-state index in [4.69, 9.17) is 4.74 Å². The third kappa shape index (κ3) is 4.26. The highest BCUT2D eigenvalue weighted by atomic mass is 32.2. The number of carbonyl (C=O) groups is 2. The van der Waals surface area contributed by atoms with Crippen LogP contribution in [0.15, 0.2) is 162 Å². The molecule has 0 bridgehead atoms. The predicted octanol–water partition coefficient (Wildman–Crippen LogP) is 8.05. The van der Waals surface area contributed by atoms with Gasteiger partial charge in [0.1, 0.15) is 0 Å². The fraction of sp³-hybridized carbons (Fsp3) is 0.0270. The predicted molar refractivity (Wildman–Crippen MR) is 168 cm³/mol. The first-order valence-electron chi connectivity index (χ1n) is 13.7. The van der Waals surface area contributed by atoms with Crippen molar-refractivity contribution in [3.63, 3.8) is 0 Å². The van der Waals surface area contributed by atoms with Crippen LogP contribution in [-0.2, 0) is 19.3 Å². The molecule has 0 radical (unpaired) electrons. The number of benzene rings is 5. The molecule has 5 heteroatoms. The van der Waals surface area contributed by atoms with Crippen molar-refractivity contribution in [2.24, 2.45) is 0 Å². The number of ketones is 1. The lowest BCUT2D eigenvalue weighted by Gasteiger charge is -2.43. The molecule has 202 valence electrons. The normalized spacial score (nSPS) is 18.1. The van der Waals surface area contributed by atoms with Crippen LogP contribution in [0.5, 0.6) is 0 Å². The van der Waals surface area contributed by atoms with Gasteiger partial charge in [-0.15, -0.1) is 0 Å². The quantitative estimate of drug-likeness (QED) is 0.160. The van der Waals surface area contributed by atoms with E-state index in [1.807, 2.05) is 127 Å². The molecule has 0 amide bonds. The molecule has 7 rings (SSSR count). The van der Waals surface area contributed by atoms with Crippen molar-refractivity contribution in [2.45, 2.75) is 4.93 Å². The maximum absolute atomic E-state index is 13.9. The summed E-state index contributed by atoms with van der Waals surface area (Å²) < 4.78 is 6.20. The number of rotatable bonds is 5. The molecule has 0 N–H and O–H groups in total. The Bertz CT molecular complexity index is 1800. The van der Waals surface area contributed by atoms with E-state index in [0.717, 1.165) is 38.5 Å². The zero-order valence-corrected chi connectivity index (χ0v) is 23.3. The number of hydrogen-bond donors (Lipinski definition) is 0. The van der Waals surface area contributed by atoms with Crippen molar-refractivity contribution >= 4 is 40.5 Å². The largest absolute Gasteiger partial charge is 0.432 e. The van der Waals surface area contributed by atoms with Crippen LogP contribution in [0.2, 0.25) is 0 Å². The molecular weight excluding hydrogens is 538 g/mol. The Balaban J connectivity index is 1.67. The minimum atomic E-state index is -1.38. The van der Waals surface area contributed by atoms with Gasteiger partial charge in [0.2, 0.25) is 4.93 Å². The highest BCUT2D eigenvalue weighted by molar-refractivity contribution is 8.04. The zero-order valence-electron chi connectivity index (χ0n) is 22.5. The molecule has 0 aliphatic carbocycles. The van der Waals surface area contributed by atoms with Gasteiger partial charge in [0.25, 0.3) is 5.78 Å².